The molecular weight excluding hydrogens is 446 g/mol. The first-order valence-electron chi connectivity index (χ1n) is 12.4. The molecule has 0 aliphatic heterocycles. The van der Waals surface area contributed by atoms with Gasteiger partial charge in [-0.05, 0) is 75.9 Å². The van der Waals surface area contributed by atoms with Crippen LogP contribution >= 0.6 is 0 Å². The van der Waals surface area contributed by atoms with Crippen molar-refractivity contribution in [1.29, 1.82) is 10.8 Å². The second-order valence-corrected chi connectivity index (χ2v) is 8.06. The summed E-state index contributed by atoms with van der Waals surface area (Å²) in [7, 11) is 0. The maximum atomic E-state index is 7.88. The van der Waals surface area contributed by atoms with E-state index < -0.39 is 0 Å². The molecule has 1 aromatic heterocycles. The number of hydrogen-bond acceptors (Lipinski definition) is 7. The Morgan fingerprint density at radius 1 is 1.14 bits per heavy atom. The number of aliphatic imine (C=N–C) groups is 1. The molecule has 1 aromatic carbocycles. The summed E-state index contributed by atoms with van der Waals surface area (Å²) >= 11 is 0. The first kappa shape index (κ1) is 32.3. The molecule has 0 bridgehead atoms. The Balaban J connectivity index is 0.00000119. The molecule has 1 aliphatic carbocycles. The van der Waals surface area contributed by atoms with Crippen LogP contribution in [0.5, 0.6) is 0 Å². The average molecular weight is 492 g/mol. The summed E-state index contributed by atoms with van der Waals surface area (Å²) in [6, 6.07) is 4.07. The molecule has 0 fully saturated rings. The zero-order valence-corrected chi connectivity index (χ0v) is 22.7. The summed E-state index contributed by atoms with van der Waals surface area (Å²) in [5, 5.41) is 14.5. The van der Waals surface area contributed by atoms with Crippen molar-refractivity contribution in [3.63, 3.8) is 0 Å². The third-order valence-corrected chi connectivity index (χ3v) is 5.57. The van der Waals surface area contributed by atoms with Crippen molar-refractivity contribution in [2.24, 2.45) is 22.2 Å². The Morgan fingerprint density at radius 2 is 1.72 bits per heavy atom. The lowest BCUT2D eigenvalue weighted by Crippen LogP contribution is -2.12. The van der Waals surface area contributed by atoms with Crippen molar-refractivity contribution in [2.75, 3.05) is 6.54 Å². The normalized spacial score (nSPS) is 12.8. The molecule has 0 saturated carbocycles. The lowest BCUT2D eigenvalue weighted by atomic mass is 9.84. The molecule has 2 aromatic rings. The van der Waals surface area contributed by atoms with Gasteiger partial charge >= 0.3 is 0 Å². The summed E-state index contributed by atoms with van der Waals surface area (Å²) in [5.41, 5.74) is 25.5. The molecular formula is C29H45N7. The molecule has 196 valence electrons. The highest BCUT2D eigenvalue weighted by Gasteiger charge is 2.21. The van der Waals surface area contributed by atoms with Crippen LogP contribution in [0.25, 0.3) is 16.5 Å². The van der Waals surface area contributed by atoms with E-state index in [-0.39, 0.29) is 0 Å². The van der Waals surface area contributed by atoms with Gasteiger partial charge in [0.25, 0.3) is 0 Å². The molecule has 0 atom stereocenters. The van der Waals surface area contributed by atoms with Gasteiger partial charge in [0.1, 0.15) is 0 Å². The van der Waals surface area contributed by atoms with E-state index in [1.165, 1.54) is 17.3 Å². The van der Waals surface area contributed by atoms with Crippen LogP contribution in [0.2, 0.25) is 0 Å². The third kappa shape index (κ3) is 9.13. The van der Waals surface area contributed by atoms with Crippen molar-refractivity contribution < 1.29 is 0 Å². The van der Waals surface area contributed by atoms with Crippen LogP contribution in [0.4, 0.5) is 0 Å². The van der Waals surface area contributed by atoms with E-state index in [1.54, 1.807) is 12.4 Å². The quantitative estimate of drug-likeness (QED) is 0.324. The molecule has 0 saturated heterocycles. The number of hydrogen-bond donors (Lipinski definition) is 5. The van der Waals surface area contributed by atoms with Gasteiger partial charge in [0, 0.05) is 59.5 Å². The number of nitrogens with two attached hydrogens (primary N) is 3. The van der Waals surface area contributed by atoms with E-state index >= 15 is 0 Å². The summed E-state index contributed by atoms with van der Waals surface area (Å²) in [6.07, 6.45) is 11.6. The number of pyridine rings is 1. The predicted molar refractivity (Wildman–Crippen MR) is 159 cm³/mol. The molecule has 0 amide bonds. The van der Waals surface area contributed by atoms with Crippen molar-refractivity contribution in [2.45, 2.75) is 66.7 Å². The van der Waals surface area contributed by atoms with Crippen LogP contribution < -0.4 is 17.2 Å². The Morgan fingerprint density at radius 3 is 2.22 bits per heavy atom. The van der Waals surface area contributed by atoms with E-state index in [1.807, 2.05) is 52.8 Å². The average Bonchev–Trinajstić information content (AvgIpc) is 2.91. The molecule has 7 heteroatoms. The highest BCUT2D eigenvalue weighted by molar-refractivity contribution is 6.11. The zero-order chi connectivity index (χ0) is 27.7. The molecule has 36 heavy (non-hydrogen) atoms. The van der Waals surface area contributed by atoms with Crippen LogP contribution in [0, 0.1) is 17.7 Å². The Kier molecular flexibility index (Phi) is 15.8. The minimum Gasteiger partial charge on any atom is -0.404 e. The SMILES string of the molecule is C/C=C(\C)N.C=C(N)CCN=C/C(=C\N)c1nc2ccc(C)c(C=N)c2c2c1CCCC2.C=N.CC. The number of fused-ring (bicyclic) bond motifs is 3. The van der Waals surface area contributed by atoms with Gasteiger partial charge in [0.15, 0.2) is 0 Å². The topological polar surface area (TPSA) is 151 Å². The Hall–Kier alpha value is -3.74. The van der Waals surface area contributed by atoms with Gasteiger partial charge in [-0.1, -0.05) is 32.6 Å². The van der Waals surface area contributed by atoms with Crippen molar-refractivity contribution in [1.82, 2.24) is 4.98 Å². The first-order chi connectivity index (χ1) is 17.3. The lowest BCUT2D eigenvalue weighted by Gasteiger charge is -2.23. The van der Waals surface area contributed by atoms with Gasteiger partial charge in [-0.15, -0.1) is 0 Å². The Labute approximate surface area is 217 Å². The maximum Gasteiger partial charge on any atom is 0.0774 e. The first-order valence-corrected chi connectivity index (χ1v) is 12.4. The fraction of sp³-hybridized carbons (Fsp3) is 0.379. The summed E-state index contributed by atoms with van der Waals surface area (Å²) < 4.78 is 0. The molecule has 8 N–H and O–H groups in total. The summed E-state index contributed by atoms with van der Waals surface area (Å²) in [6.45, 7) is 16.6. The maximum absolute atomic E-state index is 7.88. The van der Waals surface area contributed by atoms with E-state index in [0.29, 0.717) is 18.7 Å². The lowest BCUT2D eigenvalue weighted by molar-refractivity contribution is 0.686. The number of aryl methyl sites for hydroxylation is 2. The van der Waals surface area contributed by atoms with Gasteiger partial charge in [-0.2, -0.15) is 0 Å². The van der Waals surface area contributed by atoms with Gasteiger partial charge in [-0.3, -0.25) is 4.99 Å². The fourth-order valence-electron chi connectivity index (χ4n) is 3.73. The number of rotatable bonds is 6. The van der Waals surface area contributed by atoms with E-state index in [2.05, 4.69) is 18.3 Å². The van der Waals surface area contributed by atoms with Gasteiger partial charge in [0.2, 0.25) is 0 Å². The molecule has 1 aliphatic rings. The van der Waals surface area contributed by atoms with Gasteiger partial charge in [0.05, 0.1) is 11.2 Å². The van der Waals surface area contributed by atoms with Crippen LogP contribution in [0.1, 0.15) is 74.9 Å². The molecule has 0 radical (unpaired) electrons. The molecule has 3 rings (SSSR count). The predicted octanol–water partition coefficient (Wildman–Crippen LogP) is 5.81. The van der Waals surface area contributed by atoms with Crippen LogP contribution in [0.15, 0.2) is 47.4 Å². The monoisotopic (exact) mass is 491 g/mol. The highest BCUT2D eigenvalue weighted by atomic mass is 14.8. The Bertz CT molecular complexity index is 1090. The summed E-state index contributed by atoms with van der Waals surface area (Å²) in [5.74, 6) is 0. The molecule has 1 heterocycles. The number of nitrogens with zero attached hydrogens (tertiary/aromatic N) is 2. The van der Waals surface area contributed by atoms with E-state index in [0.717, 1.165) is 64.7 Å². The number of nitrogens with one attached hydrogen (secondary N) is 2. The van der Waals surface area contributed by atoms with Gasteiger partial charge < -0.3 is 28.0 Å². The van der Waals surface area contributed by atoms with E-state index in [4.69, 9.17) is 33.0 Å². The second kappa shape index (κ2) is 17.7. The van der Waals surface area contributed by atoms with Crippen molar-refractivity contribution in [3.8, 4) is 0 Å². The smallest absolute Gasteiger partial charge is 0.0774 e. The molecule has 0 spiro atoms. The van der Waals surface area contributed by atoms with Gasteiger partial charge in [-0.25, -0.2) is 4.98 Å². The standard InChI is InChI=1S/C22H27N5.C4H9N.C2H6.CH3N/c1-14-7-8-20-21(19(14)12-24)17-5-3-4-6-18(17)22(27-20)16(11-23)13-26-10-9-15(2)25;1-3-4(2)5;2*1-2/h7-8,11-13,24H,2-6,9-10,23,25H2,1H3;3H,5H2,1-2H3;1-2H3;2H,1H2/b16-11+,24-12?,26-13?;4-3+;;. The number of aromatic nitrogens is 1. The van der Waals surface area contributed by atoms with Crippen molar-refractivity contribution in [3.05, 3.63) is 70.3 Å². The third-order valence-electron chi connectivity index (χ3n) is 5.57. The van der Waals surface area contributed by atoms with Crippen molar-refractivity contribution >= 4 is 35.6 Å². The fourth-order valence-corrected chi connectivity index (χ4v) is 3.73. The molecule has 7 nitrogen and oxygen atoms in total. The van der Waals surface area contributed by atoms with E-state index in [9.17, 15) is 0 Å². The number of allylic oxidation sites excluding steroid dienone is 3. The highest BCUT2D eigenvalue weighted by Crippen LogP contribution is 2.34. The second-order valence-electron chi connectivity index (χ2n) is 8.06. The largest absolute Gasteiger partial charge is 0.404 e. The molecule has 0 unspecified atom stereocenters. The minimum atomic E-state index is 0.583. The number of benzene rings is 1. The van der Waals surface area contributed by atoms with Crippen LogP contribution in [-0.2, 0) is 12.8 Å². The zero-order valence-electron chi connectivity index (χ0n) is 22.7. The van der Waals surface area contributed by atoms with Crippen LogP contribution in [-0.4, -0.2) is 30.7 Å². The van der Waals surface area contributed by atoms with Crippen LogP contribution in [0.3, 0.4) is 0 Å². The summed E-state index contributed by atoms with van der Waals surface area (Å²) in [4.78, 5) is 9.38. The minimum absolute atomic E-state index is 0.583.